The van der Waals surface area contributed by atoms with Crippen LogP contribution in [0.15, 0.2) is 41.3 Å². The number of Topliss-reactive ketones (excluding diaryl/α,β-unsaturated/α-hetero) is 1. The van der Waals surface area contributed by atoms with Crippen LogP contribution in [0.3, 0.4) is 0 Å². The molecule has 0 unspecified atom stereocenters. The molecule has 1 heterocycles. The maximum atomic E-state index is 13.2. The number of nitrogens with zero attached hydrogens (tertiary/aromatic N) is 3. The largest absolute Gasteiger partial charge is 0.497 e. The van der Waals surface area contributed by atoms with Crippen LogP contribution in [-0.4, -0.2) is 77.2 Å². The van der Waals surface area contributed by atoms with E-state index in [4.69, 9.17) is 4.74 Å². The van der Waals surface area contributed by atoms with Crippen molar-refractivity contribution in [3.8, 4) is 5.75 Å². The highest BCUT2D eigenvalue weighted by atomic mass is 32.2. The number of methoxy groups -OCH3 is 1. The van der Waals surface area contributed by atoms with Crippen LogP contribution in [0.5, 0.6) is 5.75 Å². The third kappa shape index (κ3) is 6.97. The number of amides is 1. The molecule has 37 heavy (non-hydrogen) atoms. The van der Waals surface area contributed by atoms with Crippen molar-refractivity contribution in [1.29, 1.82) is 0 Å². The number of benzene rings is 2. The first-order valence-electron chi connectivity index (χ1n) is 12.6. The van der Waals surface area contributed by atoms with E-state index in [-0.39, 0.29) is 41.9 Å². The first-order chi connectivity index (χ1) is 17.4. The van der Waals surface area contributed by atoms with E-state index in [1.807, 2.05) is 24.3 Å². The van der Waals surface area contributed by atoms with Crippen molar-refractivity contribution in [2.75, 3.05) is 52.8 Å². The van der Waals surface area contributed by atoms with Crippen molar-refractivity contribution in [3.63, 3.8) is 0 Å². The average molecular weight is 530 g/mol. The highest BCUT2D eigenvalue weighted by Gasteiger charge is 2.27. The molecular formula is C28H39N3O5S. The molecule has 1 saturated heterocycles. The molecule has 0 aliphatic carbocycles. The first kappa shape index (κ1) is 28.8. The van der Waals surface area contributed by atoms with Gasteiger partial charge in [-0.05, 0) is 87.8 Å². The number of aryl methyl sites for hydroxylation is 2. The molecule has 2 aromatic carbocycles. The van der Waals surface area contributed by atoms with Gasteiger partial charge in [0.2, 0.25) is 15.9 Å². The van der Waals surface area contributed by atoms with Crippen LogP contribution in [0, 0.1) is 19.8 Å². The molecule has 1 aliphatic heterocycles. The van der Waals surface area contributed by atoms with E-state index in [2.05, 4.69) is 11.9 Å². The van der Waals surface area contributed by atoms with E-state index in [0.29, 0.717) is 16.9 Å². The van der Waals surface area contributed by atoms with Crippen LogP contribution in [0.2, 0.25) is 0 Å². The second kappa shape index (κ2) is 12.2. The molecule has 0 aromatic heterocycles. The fourth-order valence-corrected chi connectivity index (χ4v) is 6.38. The van der Waals surface area contributed by atoms with E-state index in [1.54, 1.807) is 45.0 Å². The molecule has 0 radical (unpaired) electrons. The van der Waals surface area contributed by atoms with Gasteiger partial charge in [0.1, 0.15) is 11.5 Å². The van der Waals surface area contributed by atoms with Crippen molar-refractivity contribution < 1.29 is 22.7 Å². The number of hydrogen-bond acceptors (Lipinski definition) is 6. The number of hydrogen-bond donors (Lipinski definition) is 0. The summed E-state index contributed by atoms with van der Waals surface area (Å²) in [6.45, 7) is 5.44. The number of carbonyl (C=O) groups excluding carboxylic acids is 2. The number of anilines is 1. The van der Waals surface area contributed by atoms with Gasteiger partial charge < -0.3 is 14.5 Å². The number of piperidine rings is 1. The van der Waals surface area contributed by atoms with E-state index in [9.17, 15) is 18.0 Å². The van der Waals surface area contributed by atoms with Crippen molar-refractivity contribution >= 4 is 27.4 Å². The zero-order chi connectivity index (χ0) is 27.3. The lowest BCUT2D eigenvalue weighted by Crippen LogP contribution is -2.39. The lowest BCUT2D eigenvalue weighted by atomic mass is 9.95. The number of ketones is 1. The standard InChI is InChI=1S/C28H39N3O5S/c1-20-17-26(36-6)18-21(2)27(20)37(34,35)30(4)16-13-25(32)19-22-7-9-24(10-8-22)31(5)28(33)23-11-14-29(3)15-12-23/h7-10,17-18,23H,11-16,19H2,1-6H3. The average Bonchev–Trinajstić information content (AvgIpc) is 2.86. The SMILES string of the molecule is COc1cc(C)c(S(=O)(=O)N(C)CCC(=O)Cc2ccc(N(C)C(=O)C3CCN(C)CC3)cc2)c(C)c1. The highest BCUT2D eigenvalue weighted by molar-refractivity contribution is 7.89. The Morgan fingerprint density at radius 2 is 1.59 bits per heavy atom. The Morgan fingerprint density at radius 1 is 1.03 bits per heavy atom. The third-order valence-corrected chi connectivity index (χ3v) is 9.33. The minimum absolute atomic E-state index is 0.0428. The van der Waals surface area contributed by atoms with Gasteiger partial charge in [0.15, 0.2) is 0 Å². The highest BCUT2D eigenvalue weighted by Crippen LogP contribution is 2.28. The summed E-state index contributed by atoms with van der Waals surface area (Å²) in [5, 5.41) is 0. The summed E-state index contributed by atoms with van der Waals surface area (Å²) in [5.74, 6) is 0.730. The summed E-state index contributed by atoms with van der Waals surface area (Å²) in [4.78, 5) is 29.7. The molecule has 8 nitrogen and oxygen atoms in total. The maximum Gasteiger partial charge on any atom is 0.243 e. The Bertz CT molecular complexity index is 1200. The second-order valence-corrected chi connectivity index (χ2v) is 12.0. The predicted molar refractivity (Wildman–Crippen MR) is 146 cm³/mol. The van der Waals surface area contributed by atoms with Crippen LogP contribution in [-0.2, 0) is 26.0 Å². The second-order valence-electron chi connectivity index (χ2n) is 10.0. The number of sulfonamides is 1. The number of carbonyl (C=O) groups is 2. The van der Waals surface area contributed by atoms with Gasteiger partial charge >= 0.3 is 0 Å². The van der Waals surface area contributed by atoms with Gasteiger partial charge in [0.05, 0.1) is 12.0 Å². The molecule has 0 bridgehead atoms. The van der Waals surface area contributed by atoms with Gasteiger partial charge in [-0.1, -0.05) is 12.1 Å². The molecule has 0 atom stereocenters. The van der Waals surface area contributed by atoms with E-state index < -0.39 is 10.0 Å². The Balaban J connectivity index is 1.56. The quantitative estimate of drug-likeness (QED) is 0.469. The Hall–Kier alpha value is -2.75. The van der Waals surface area contributed by atoms with Crippen LogP contribution in [0.25, 0.3) is 0 Å². The molecule has 3 rings (SSSR count). The van der Waals surface area contributed by atoms with Crippen LogP contribution in [0.4, 0.5) is 5.69 Å². The minimum Gasteiger partial charge on any atom is -0.497 e. The molecule has 202 valence electrons. The number of ether oxygens (including phenoxy) is 1. The molecule has 1 aliphatic rings. The third-order valence-electron chi connectivity index (χ3n) is 7.17. The smallest absolute Gasteiger partial charge is 0.243 e. The van der Waals surface area contributed by atoms with Crippen molar-refractivity contribution in [3.05, 3.63) is 53.1 Å². The maximum absolute atomic E-state index is 13.2. The molecular weight excluding hydrogens is 490 g/mol. The fraction of sp³-hybridized carbons (Fsp3) is 0.500. The monoisotopic (exact) mass is 529 g/mol. The summed E-state index contributed by atoms with van der Waals surface area (Å²) < 4.78 is 32.8. The van der Waals surface area contributed by atoms with Gasteiger partial charge in [-0.15, -0.1) is 0 Å². The molecule has 2 aromatic rings. The van der Waals surface area contributed by atoms with Crippen LogP contribution < -0.4 is 9.64 Å². The van der Waals surface area contributed by atoms with Crippen molar-refractivity contribution in [2.45, 2.75) is 44.4 Å². The van der Waals surface area contributed by atoms with Crippen molar-refractivity contribution in [2.24, 2.45) is 5.92 Å². The fourth-order valence-electron chi connectivity index (χ4n) is 4.80. The van der Waals surface area contributed by atoms with Gasteiger partial charge in [-0.2, -0.15) is 0 Å². The first-order valence-corrected chi connectivity index (χ1v) is 14.1. The number of rotatable bonds is 10. The van der Waals surface area contributed by atoms with Gasteiger partial charge in [-0.25, -0.2) is 12.7 Å². The topological polar surface area (TPSA) is 87.2 Å². The van der Waals surface area contributed by atoms with E-state index in [0.717, 1.165) is 37.2 Å². The zero-order valence-electron chi connectivity index (χ0n) is 22.8. The van der Waals surface area contributed by atoms with E-state index >= 15 is 0 Å². The van der Waals surface area contributed by atoms with Gasteiger partial charge in [0.25, 0.3) is 0 Å². The summed E-state index contributed by atoms with van der Waals surface area (Å²) in [6, 6.07) is 10.8. The lowest BCUT2D eigenvalue weighted by Gasteiger charge is -2.31. The molecule has 9 heteroatoms. The summed E-state index contributed by atoms with van der Waals surface area (Å²) in [5.41, 5.74) is 2.85. The molecule has 0 N–H and O–H groups in total. The Morgan fingerprint density at radius 3 is 2.14 bits per heavy atom. The lowest BCUT2D eigenvalue weighted by molar-refractivity contribution is -0.123. The summed E-state index contributed by atoms with van der Waals surface area (Å²) in [7, 11) is 3.17. The van der Waals surface area contributed by atoms with Crippen LogP contribution >= 0.6 is 0 Å². The molecule has 0 saturated carbocycles. The molecule has 1 fully saturated rings. The Labute approximate surface area is 221 Å². The van der Waals surface area contributed by atoms with Crippen molar-refractivity contribution in [1.82, 2.24) is 9.21 Å². The normalized spacial score (nSPS) is 15.1. The van der Waals surface area contributed by atoms with E-state index in [1.165, 1.54) is 11.4 Å². The summed E-state index contributed by atoms with van der Waals surface area (Å²) in [6.07, 6.45) is 2.06. The molecule has 1 amide bonds. The van der Waals surface area contributed by atoms with Gasteiger partial charge in [0, 0.05) is 45.1 Å². The van der Waals surface area contributed by atoms with Crippen LogP contribution in [0.1, 0.15) is 36.0 Å². The van der Waals surface area contributed by atoms with Gasteiger partial charge in [-0.3, -0.25) is 9.59 Å². The minimum atomic E-state index is -3.74. The predicted octanol–water partition coefficient (Wildman–Crippen LogP) is 3.44. The zero-order valence-corrected chi connectivity index (χ0v) is 23.6. The summed E-state index contributed by atoms with van der Waals surface area (Å²) >= 11 is 0. The number of likely N-dealkylation sites (tertiary alicyclic amines) is 1. The Kier molecular flexibility index (Phi) is 9.50. The molecule has 0 spiro atoms.